The topological polar surface area (TPSA) is 38.3 Å². The maximum Gasteiger partial charge on any atom is 0.333 e. The first kappa shape index (κ1) is 17.1. The molecule has 0 unspecified atom stereocenters. The van der Waals surface area contributed by atoms with Crippen molar-refractivity contribution in [2.45, 2.75) is 25.0 Å². The molecule has 26 heavy (non-hydrogen) atoms. The molecular weight excluding hydrogens is 324 g/mol. The molecule has 2 aromatic rings. The molecule has 0 aliphatic carbocycles. The largest absolute Gasteiger partial charge is 0.454 e. The molecule has 2 bridgehead atoms. The van der Waals surface area contributed by atoms with Gasteiger partial charge in [-0.15, -0.1) is 0 Å². The zero-order chi connectivity index (χ0) is 18.0. The van der Waals surface area contributed by atoms with Gasteiger partial charge in [0.1, 0.15) is 6.54 Å². The molecule has 2 atom stereocenters. The number of carbonyl (C=O) groups excluding carboxylic acids is 1. The Labute approximate surface area is 155 Å². The highest BCUT2D eigenvalue weighted by atomic mass is 16.5. The quantitative estimate of drug-likeness (QED) is 0.660. The second-order valence-corrected chi connectivity index (χ2v) is 7.92. The molecular formula is C22H27N2O2+. The Morgan fingerprint density at radius 3 is 2.27 bits per heavy atom. The second-order valence-electron chi connectivity index (χ2n) is 7.92. The van der Waals surface area contributed by atoms with E-state index >= 15 is 0 Å². The van der Waals surface area contributed by atoms with E-state index in [2.05, 4.69) is 12.4 Å². The number of anilines is 1. The van der Waals surface area contributed by atoms with Gasteiger partial charge in [0.15, 0.2) is 12.1 Å². The van der Waals surface area contributed by atoms with Crippen LogP contribution in [0.25, 0.3) is 0 Å². The number of quaternary nitrogens is 1. The van der Waals surface area contributed by atoms with E-state index in [-0.39, 0.29) is 12.1 Å². The van der Waals surface area contributed by atoms with Crippen molar-refractivity contribution in [3.05, 3.63) is 66.2 Å². The van der Waals surface area contributed by atoms with E-state index in [1.54, 1.807) is 0 Å². The zero-order valence-corrected chi connectivity index (χ0v) is 15.3. The first-order valence-corrected chi connectivity index (χ1v) is 9.54. The van der Waals surface area contributed by atoms with E-state index in [1.165, 1.54) is 13.1 Å². The molecule has 0 radical (unpaired) electrons. The van der Waals surface area contributed by atoms with Crippen LogP contribution >= 0.6 is 0 Å². The SMILES string of the molecule is C[N+]12CCC(CC1)[C@@H](OC(=O)[C@H](Nc1ccccc1)c1ccccc1)C2. The van der Waals surface area contributed by atoms with E-state index in [0.717, 1.165) is 35.1 Å². The van der Waals surface area contributed by atoms with Gasteiger partial charge in [-0.2, -0.15) is 0 Å². The Balaban J connectivity index is 1.53. The van der Waals surface area contributed by atoms with E-state index in [0.29, 0.717) is 5.92 Å². The molecule has 3 aliphatic heterocycles. The molecule has 3 aliphatic rings. The summed E-state index contributed by atoms with van der Waals surface area (Å²) in [5, 5.41) is 3.36. The fraction of sp³-hybridized carbons (Fsp3) is 0.409. The minimum atomic E-state index is -0.487. The zero-order valence-electron chi connectivity index (χ0n) is 15.3. The molecule has 0 amide bonds. The fourth-order valence-electron chi connectivity index (χ4n) is 4.32. The van der Waals surface area contributed by atoms with E-state index in [1.807, 2.05) is 60.7 Å². The highest BCUT2D eigenvalue weighted by Crippen LogP contribution is 2.35. The lowest BCUT2D eigenvalue weighted by Gasteiger charge is -2.49. The molecule has 3 heterocycles. The third-order valence-corrected chi connectivity index (χ3v) is 5.95. The predicted octanol–water partition coefficient (Wildman–Crippen LogP) is 3.62. The molecule has 5 rings (SSSR count). The first-order chi connectivity index (χ1) is 12.6. The summed E-state index contributed by atoms with van der Waals surface area (Å²) >= 11 is 0. The van der Waals surface area contributed by atoms with Gasteiger partial charge < -0.3 is 14.5 Å². The number of hydrogen-bond donors (Lipinski definition) is 1. The minimum absolute atomic E-state index is 0.0405. The lowest BCUT2D eigenvalue weighted by Crippen LogP contribution is -2.62. The number of rotatable bonds is 5. The molecule has 0 spiro atoms. The highest BCUT2D eigenvalue weighted by Gasteiger charge is 2.45. The fourth-order valence-corrected chi connectivity index (χ4v) is 4.32. The van der Waals surface area contributed by atoms with Crippen molar-refractivity contribution in [3.63, 3.8) is 0 Å². The summed E-state index contributed by atoms with van der Waals surface area (Å²) in [6, 6.07) is 19.2. The van der Waals surface area contributed by atoms with Crippen molar-refractivity contribution in [1.29, 1.82) is 0 Å². The van der Waals surface area contributed by atoms with Crippen molar-refractivity contribution in [2.75, 3.05) is 32.0 Å². The average Bonchev–Trinajstić information content (AvgIpc) is 2.67. The van der Waals surface area contributed by atoms with Crippen LogP contribution < -0.4 is 5.32 Å². The summed E-state index contributed by atoms with van der Waals surface area (Å²) in [6.07, 6.45) is 2.37. The third-order valence-electron chi connectivity index (χ3n) is 5.95. The summed E-state index contributed by atoms with van der Waals surface area (Å²) in [7, 11) is 2.28. The van der Waals surface area contributed by atoms with Crippen LogP contribution in [0.1, 0.15) is 24.4 Å². The van der Waals surface area contributed by atoms with Gasteiger partial charge in [-0.05, 0) is 17.7 Å². The van der Waals surface area contributed by atoms with Crippen molar-refractivity contribution < 1.29 is 14.0 Å². The minimum Gasteiger partial charge on any atom is -0.454 e. The van der Waals surface area contributed by atoms with E-state index in [4.69, 9.17) is 4.74 Å². The number of piperidine rings is 3. The summed E-state index contributed by atoms with van der Waals surface area (Å²) in [5.41, 5.74) is 1.86. The van der Waals surface area contributed by atoms with Gasteiger partial charge in [-0.25, -0.2) is 4.79 Å². The maximum atomic E-state index is 13.1. The van der Waals surface area contributed by atoms with Gasteiger partial charge in [0.05, 0.1) is 20.1 Å². The van der Waals surface area contributed by atoms with Crippen LogP contribution in [-0.2, 0) is 9.53 Å². The normalized spacial score (nSPS) is 28.3. The molecule has 0 aromatic heterocycles. The smallest absolute Gasteiger partial charge is 0.333 e. The molecule has 2 aromatic carbocycles. The number of esters is 1. The number of nitrogens with zero attached hydrogens (tertiary/aromatic N) is 1. The van der Waals surface area contributed by atoms with Gasteiger partial charge in [-0.1, -0.05) is 48.5 Å². The Morgan fingerprint density at radius 1 is 1.04 bits per heavy atom. The number of para-hydroxylation sites is 1. The summed E-state index contributed by atoms with van der Waals surface area (Å²) in [5.74, 6) is 0.345. The second kappa shape index (κ2) is 7.12. The molecule has 4 heteroatoms. The number of ether oxygens (including phenoxy) is 1. The van der Waals surface area contributed by atoms with Crippen LogP contribution in [0.3, 0.4) is 0 Å². The standard InChI is InChI=1S/C22H27N2O2/c1-24-14-12-17(13-15-24)20(16-24)26-22(25)21(18-8-4-2-5-9-18)23-19-10-6-3-7-11-19/h2-11,17,20-21,23H,12-16H2,1H3/q+1/t17?,20-,21+,24?/m0/s1. The predicted molar refractivity (Wildman–Crippen MR) is 103 cm³/mol. The Bertz CT molecular complexity index is 739. The van der Waals surface area contributed by atoms with Crippen LogP contribution in [0, 0.1) is 5.92 Å². The van der Waals surface area contributed by atoms with Crippen molar-refractivity contribution >= 4 is 11.7 Å². The number of hydrogen-bond acceptors (Lipinski definition) is 3. The maximum absolute atomic E-state index is 13.1. The van der Waals surface area contributed by atoms with Crippen LogP contribution in [0.15, 0.2) is 60.7 Å². The summed E-state index contributed by atoms with van der Waals surface area (Å²) in [6.45, 7) is 3.37. The van der Waals surface area contributed by atoms with E-state index in [9.17, 15) is 4.79 Å². The van der Waals surface area contributed by atoms with Gasteiger partial charge in [-0.3, -0.25) is 0 Å². The van der Waals surface area contributed by atoms with Crippen LogP contribution in [-0.4, -0.2) is 43.2 Å². The number of fused-ring (bicyclic) bond motifs is 3. The number of likely N-dealkylation sites (N-methyl/N-ethyl adjacent to an activating group) is 1. The monoisotopic (exact) mass is 351 g/mol. The number of nitrogens with one attached hydrogen (secondary N) is 1. The Hall–Kier alpha value is -2.33. The third kappa shape index (κ3) is 3.61. The molecule has 3 fully saturated rings. The Morgan fingerprint density at radius 2 is 1.65 bits per heavy atom. The lowest BCUT2D eigenvalue weighted by molar-refractivity contribution is -0.928. The van der Waals surface area contributed by atoms with Gasteiger partial charge in [0.25, 0.3) is 0 Å². The van der Waals surface area contributed by atoms with Crippen molar-refractivity contribution in [1.82, 2.24) is 0 Å². The Kier molecular flexibility index (Phi) is 4.68. The number of carbonyl (C=O) groups is 1. The average molecular weight is 351 g/mol. The molecule has 136 valence electrons. The van der Waals surface area contributed by atoms with Crippen molar-refractivity contribution in [3.8, 4) is 0 Å². The van der Waals surface area contributed by atoms with E-state index < -0.39 is 6.04 Å². The molecule has 0 saturated carbocycles. The van der Waals surface area contributed by atoms with Gasteiger partial charge in [0, 0.05) is 24.4 Å². The summed E-state index contributed by atoms with van der Waals surface area (Å²) in [4.78, 5) is 13.1. The van der Waals surface area contributed by atoms with Crippen molar-refractivity contribution in [2.24, 2.45) is 5.92 Å². The molecule has 4 nitrogen and oxygen atoms in total. The van der Waals surface area contributed by atoms with Crippen LogP contribution in [0.2, 0.25) is 0 Å². The van der Waals surface area contributed by atoms with Crippen LogP contribution in [0.4, 0.5) is 5.69 Å². The molecule has 3 saturated heterocycles. The van der Waals surface area contributed by atoms with Gasteiger partial charge in [0.2, 0.25) is 0 Å². The van der Waals surface area contributed by atoms with Crippen LogP contribution in [0.5, 0.6) is 0 Å². The first-order valence-electron chi connectivity index (χ1n) is 9.54. The lowest BCUT2D eigenvalue weighted by atomic mass is 9.84. The highest BCUT2D eigenvalue weighted by molar-refractivity contribution is 5.81. The summed E-state index contributed by atoms with van der Waals surface area (Å²) < 4.78 is 7.10. The molecule has 1 N–H and O–H groups in total. The van der Waals surface area contributed by atoms with Gasteiger partial charge >= 0.3 is 5.97 Å². The number of benzene rings is 2.